The van der Waals surface area contributed by atoms with Gasteiger partial charge in [-0.05, 0) is 0 Å². The molecular formula is C32H46O31. The van der Waals surface area contributed by atoms with Crippen molar-refractivity contribution < 1.29 is 151 Å². The van der Waals surface area contributed by atoms with Crippen molar-refractivity contribution in [1.29, 1.82) is 0 Å². The van der Waals surface area contributed by atoms with E-state index in [0.717, 1.165) is 14.2 Å². The summed E-state index contributed by atoms with van der Waals surface area (Å²) in [6, 6.07) is 0. The Balaban J connectivity index is 1.28. The second-order valence-corrected chi connectivity index (χ2v) is 13.8. The molecule has 5 aliphatic rings. The summed E-state index contributed by atoms with van der Waals surface area (Å²) >= 11 is 0. The molecule has 31 heteroatoms. The lowest BCUT2D eigenvalue weighted by molar-refractivity contribution is -0.426. The molecule has 63 heavy (non-hydrogen) atoms. The van der Waals surface area contributed by atoms with Crippen LogP contribution in [0.25, 0.3) is 0 Å². The van der Waals surface area contributed by atoms with Crippen LogP contribution in [0.2, 0.25) is 0 Å². The Morgan fingerprint density at radius 1 is 0.286 bits per heavy atom. The molecule has 0 spiro atoms. The fourth-order valence-corrected chi connectivity index (χ4v) is 6.95. The van der Waals surface area contributed by atoms with Crippen LogP contribution < -0.4 is 0 Å². The maximum absolute atomic E-state index is 11.5. The standard InChI is InChI=1S/C32H46O31/c1-48-18-8(38)14(44)24(60-28(18)50-3-33)56-20-10(40)16(46)26(62-30(20)52-5-35)58-22-12(42)17(47)27(63-32(22)54-7-37)57-21-11(41)15(45)25(61-31(21)53-6-36)55-19-9(39)13(43)23(49-2)59-29(19)51-4-34/h3-32,38-47H,1-2H3/t8-,9-,10?,11?,12+,13?,14?,15?,16?,17?,18-,19-,20-,21-,22-,23+,24+,25+,26+,27+,28?,29?,30?,31?,32?/m0/s1. The Morgan fingerprint density at radius 2 is 0.492 bits per heavy atom. The normalized spacial score (nSPS) is 47.9. The average molecular weight is 927 g/mol. The molecule has 0 aliphatic carbocycles. The molecule has 25 atom stereocenters. The van der Waals surface area contributed by atoms with Crippen LogP contribution in [0.4, 0.5) is 0 Å². The van der Waals surface area contributed by atoms with Gasteiger partial charge in [0.1, 0.15) is 67.1 Å². The van der Waals surface area contributed by atoms with Crippen LogP contribution in [-0.2, 0) is 99.8 Å². The lowest BCUT2D eigenvalue weighted by Gasteiger charge is -2.48. The van der Waals surface area contributed by atoms with E-state index < -0.39 is 154 Å². The van der Waals surface area contributed by atoms with Gasteiger partial charge in [0.15, 0.2) is 55.9 Å². The van der Waals surface area contributed by atoms with Crippen molar-refractivity contribution in [3.8, 4) is 0 Å². The zero-order chi connectivity index (χ0) is 46.3. The average Bonchev–Trinajstić information content (AvgIpc) is 3.26. The predicted molar refractivity (Wildman–Crippen MR) is 176 cm³/mol. The second-order valence-electron chi connectivity index (χ2n) is 13.8. The molecule has 31 nitrogen and oxygen atoms in total. The number of carbonyl (C=O) groups is 5. The minimum Gasteiger partial charge on any atom is -0.435 e. The van der Waals surface area contributed by atoms with Crippen LogP contribution in [0, 0.1) is 0 Å². The summed E-state index contributed by atoms with van der Waals surface area (Å²) in [5.74, 6) is 0. The summed E-state index contributed by atoms with van der Waals surface area (Å²) in [6.07, 6.45) is -50.5. The molecule has 360 valence electrons. The smallest absolute Gasteiger partial charge is 0.295 e. The number of carbonyl (C=O) groups excluding carboxylic acids is 5. The fourth-order valence-electron chi connectivity index (χ4n) is 6.95. The van der Waals surface area contributed by atoms with Gasteiger partial charge in [-0.1, -0.05) is 0 Å². The summed E-state index contributed by atoms with van der Waals surface area (Å²) in [6.45, 7) is -0.844. The molecular weight excluding hydrogens is 880 g/mol. The number of rotatable bonds is 20. The quantitative estimate of drug-likeness (QED) is 0.0400. The van der Waals surface area contributed by atoms with Gasteiger partial charge in [-0.15, -0.1) is 0 Å². The summed E-state index contributed by atoms with van der Waals surface area (Å²) in [5.41, 5.74) is 0. The van der Waals surface area contributed by atoms with Gasteiger partial charge in [0, 0.05) is 14.2 Å². The van der Waals surface area contributed by atoms with E-state index in [-0.39, 0.29) is 32.4 Å². The highest BCUT2D eigenvalue weighted by molar-refractivity contribution is 5.38. The van der Waals surface area contributed by atoms with E-state index in [1.54, 1.807) is 0 Å². The van der Waals surface area contributed by atoms with Gasteiger partial charge in [0.25, 0.3) is 32.4 Å². The van der Waals surface area contributed by atoms with Crippen molar-refractivity contribution in [1.82, 2.24) is 0 Å². The molecule has 5 aliphatic heterocycles. The zero-order valence-corrected chi connectivity index (χ0v) is 32.4. The van der Waals surface area contributed by atoms with E-state index in [2.05, 4.69) is 0 Å². The number of hydrogen-bond donors (Lipinski definition) is 10. The molecule has 0 radical (unpaired) electrons. The Bertz CT molecular complexity index is 1480. The van der Waals surface area contributed by atoms with Gasteiger partial charge in [0.2, 0.25) is 31.5 Å². The molecule has 0 amide bonds. The largest absolute Gasteiger partial charge is 0.435 e. The third-order valence-electron chi connectivity index (χ3n) is 10.1. The maximum atomic E-state index is 11.5. The van der Waals surface area contributed by atoms with Crippen LogP contribution >= 0.6 is 0 Å². The summed E-state index contributed by atoms with van der Waals surface area (Å²) in [4.78, 5) is 56.5. The second kappa shape index (κ2) is 22.6. The van der Waals surface area contributed by atoms with E-state index in [0.29, 0.717) is 0 Å². The third-order valence-corrected chi connectivity index (χ3v) is 10.1. The molecule has 12 unspecified atom stereocenters. The van der Waals surface area contributed by atoms with Gasteiger partial charge in [-0.2, -0.15) is 0 Å². The first kappa shape index (κ1) is 50.5. The molecule has 0 aromatic rings. The Labute approximate surface area is 352 Å². The topological polar surface area (TPSA) is 435 Å². The summed E-state index contributed by atoms with van der Waals surface area (Å²) < 4.78 is 82.6. The first-order valence-electron chi connectivity index (χ1n) is 18.3. The van der Waals surface area contributed by atoms with E-state index in [1.165, 1.54) is 0 Å². The van der Waals surface area contributed by atoms with Crippen LogP contribution in [0.15, 0.2) is 0 Å². The van der Waals surface area contributed by atoms with Crippen molar-refractivity contribution in [2.45, 2.75) is 154 Å². The van der Waals surface area contributed by atoms with Gasteiger partial charge >= 0.3 is 0 Å². The first-order valence-corrected chi connectivity index (χ1v) is 18.3. The molecule has 5 rings (SSSR count). The lowest BCUT2D eigenvalue weighted by atomic mass is 10.00. The minimum atomic E-state index is -2.32. The van der Waals surface area contributed by atoms with Crippen LogP contribution in [0.3, 0.4) is 0 Å². The van der Waals surface area contributed by atoms with E-state index in [4.69, 9.17) is 75.8 Å². The summed E-state index contributed by atoms with van der Waals surface area (Å²) in [5, 5.41) is 108. The first-order chi connectivity index (χ1) is 30.1. The van der Waals surface area contributed by atoms with Gasteiger partial charge < -0.3 is 127 Å². The number of ether oxygens (including phenoxy) is 16. The molecule has 0 saturated carbocycles. The number of hydrogen-bond acceptors (Lipinski definition) is 31. The molecule has 0 aromatic heterocycles. The monoisotopic (exact) mass is 926 g/mol. The number of aliphatic hydroxyl groups excluding tert-OH is 10. The maximum Gasteiger partial charge on any atom is 0.295 e. The highest BCUT2D eigenvalue weighted by Gasteiger charge is 2.58. The fraction of sp³-hybridized carbons (Fsp3) is 0.844. The Kier molecular flexibility index (Phi) is 18.1. The minimum absolute atomic E-state index is 0.0726. The van der Waals surface area contributed by atoms with Gasteiger partial charge in [-0.25, -0.2) is 0 Å². The molecule has 0 bridgehead atoms. The van der Waals surface area contributed by atoms with Crippen LogP contribution in [-0.4, -0.2) is 252 Å². The van der Waals surface area contributed by atoms with E-state index in [9.17, 15) is 75.0 Å². The third kappa shape index (κ3) is 10.8. The molecule has 5 saturated heterocycles. The van der Waals surface area contributed by atoms with E-state index in [1.807, 2.05) is 0 Å². The van der Waals surface area contributed by atoms with Crippen LogP contribution in [0.1, 0.15) is 0 Å². The van der Waals surface area contributed by atoms with Gasteiger partial charge in [0.05, 0.1) is 0 Å². The molecule has 5 fully saturated rings. The number of methoxy groups -OCH3 is 2. The SMILES string of the molecule is CO[C@@H]1OC(OC=O)[C@@H](O[C@@H]2OC(OC=O)[C@@H](O[C@@H]3OC(OC=O)[C@@H](O[C@@H]4OC(OC=O)[C@@H](O[C@@H]5OC(OC=O)[C@@H](OC)[C@@H](O)C5O)C(O)C4O)[C@H](O)C3O)C(O)C2O)[C@@H](O)C1O. The van der Waals surface area contributed by atoms with Crippen molar-refractivity contribution >= 4 is 32.4 Å². The highest BCUT2D eigenvalue weighted by atomic mass is 16.9. The highest BCUT2D eigenvalue weighted by Crippen LogP contribution is 2.36. The van der Waals surface area contributed by atoms with Crippen molar-refractivity contribution in [2.24, 2.45) is 0 Å². The van der Waals surface area contributed by atoms with Crippen molar-refractivity contribution in [3.05, 3.63) is 0 Å². The lowest BCUT2D eigenvalue weighted by Crippen LogP contribution is -2.67. The van der Waals surface area contributed by atoms with Crippen LogP contribution in [0.5, 0.6) is 0 Å². The Hall–Kier alpha value is -3.49. The molecule has 0 aromatic carbocycles. The zero-order valence-electron chi connectivity index (χ0n) is 32.4. The molecule has 10 N–H and O–H groups in total. The Morgan fingerprint density at radius 3 is 0.714 bits per heavy atom. The van der Waals surface area contributed by atoms with Gasteiger partial charge in [-0.3, -0.25) is 24.0 Å². The molecule has 5 heterocycles. The summed E-state index contributed by atoms with van der Waals surface area (Å²) in [7, 11) is 2.18. The van der Waals surface area contributed by atoms with Crippen molar-refractivity contribution in [2.75, 3.05) is 14.2 Å². The number of aliphatic hydroxyl groups is 10. The van der Waals surface area contributed by atoms with E-state index >= 15 is 0 Å². The van der Waals surface area contributed by atoms with Crippen molar-refractivity contribution in [3.63, 3.8) is 0 Å². The predicted octanol–water partition coefficient (Wildman–Crippen LogP) is -9.93.